The molecule has 1 aliphatic carbocycles. The SMILES string of the molecule is C[N+]1=C(C=Cc2cccs2)C(C)(CC=CCC2CCCC2)c2c1ccc1ccccc21. The Morgan fingerprint density at radius 2 is 1.84 bits per heavy atom. The van der Waals surface area contributed by atoms with Gasteiger partial charge in [-0.25, -0.2) is 0 Å². The van der Waals surface area contributed by atoms with Gasteiger partial charge < -0.3 is 0 Å². The Bertz CT molecular complexity index is 1160. The molecule has 1 unspecified atom stereocenters. The van der Waals surface area contributed by atoms with Crippen molar-refractivity contribution in [2.24, 2.45) is 5.92 Å². The lowest BCUT2D eigenvalue weighted by Gasteiger charge is -2.22. The highest BCUT2D eigenvalue weighted by Crippen LogP contribution is 2.46. The molecule has 2 aliphatic rings. The summed E-state index contributed by atoms with van der Waals surface area (Å²) in [5, 5.41) is 4.87. The molecule has 1 saturated carbocycles. The smallest absolute Gasteiger partial charge is 0.198 e. The number of hydrogen-bond donors (Lipinski definition) is 0. The monoisotopic (exact) mass is 426 g/mol. The van der Waals surface area contributed by atoms with Crippen LogP contribution in [0.2, 0.25) is 0 Å². The van der Waals surface area contributed by atoms with Crippen LogP contribution in [0.5, 0.6) is 0 Å². The molecule has 3 aromatic rings. The minimum atomic E-state index is -0.0368. The van der Waals surface area contributed by atoms with Gasteiger partial charge in [-0.15, -0.1) is 11.3 Å². The fraction of sp³-hybridized carbons (Fsp3) is 0.345. The summed E-state index contributed by atoms with van der Waals surface area (Å²) in [4.78, 5) is 1.31. The number of thiophene rings is 1. The normalized spacial score (nSPS) is 21.9. The minimum absolute atomic E-state index is 0.0368. The highest BCUT2D eigenvalue weighted by molar-refractivity contribution is 7.10. The Kier molecular flexibility index (Phi) is 5.67. The zero-order chi connectivity index (χ0) is 21.3. The summed E-state index contributed by atoms with van der Waals surface area (Å²) in [6.45, 7) is 2.44. The number of nitrogens with zero attached hydrogens (tertiary/aromatic N) is 1. The molecule has 0 spiro atoms. The van der Waals surface area contributed by atoms with Crippen LogP contribution < -0.4 is 0 Å². The van der Waals surface area contributed by atoms with Gasteiger partial charge in [-0.3, -0.25) is 0 Å². The molecule has 1 fully saturated rings. The Morgan fingerprint density at radius 3 is 2.65 bits per heavy atom. The van der Waals surface area contributed by atoms with Crippen LogP contribution >= 0.6 is 11.3 Å². The van der Waals surface area contributed by atoms with E-state index in [0.29, 0.717) is 0 Å². The van der Waals surface area contributed by atoms with Gasteiger partial charge in [-0.05, 0) is 60.0 Å². The molecule has 2 heterocycles. The Hall–Kier alpha value is -2.45. The second-order valence-corrected chi connectivity index (χ2v) is 10.3. The molecule has 0 saturated heterocycles. The number of hydrogen-bond acceptors (Lipinski definition) is 1. The second-order valence-electron chi connectivity index (χ2n) is 9.37. The van der Waals surface area contributed by atoms with E-state index < -0.39 is 0 Å². The quantitative estimate of drug-likeness (QED) is 0.276. The van der Waals surface area contributed by atoms with Gasteiger partial charge >= 0.3 is 0 Å². The summed E-state index contributed by atoms with van der Waals surface area (Å²) in [6.07, 6.45) is 17.5. The molecular formula is C29H32NS+. The lowest BCUT2D eigenvalue weighted by Crippen LogP contribution is -2.30. The van der Waals surface area contributed by atoms with E-state index in [-0.39, 0.29) is 5.41 Å². The van der Waals surface area contributed by atoms with E-state index in [4.69, 9.17) is 0 Å². The largest absolute Gasteiger partial charge is 0.210 e. The van der Waals surface area contributed by atoms with Crippen molar-refractivity contribution >= 4 is 39.6 Å². The van der Waals surface area contributed by atoms with Crippen molar-refractivity contribution in [1.82, 2.24) is 0 Å². The van der Waals surface area contributed by atoms with Crippen LogP contribution in [0.15, 0.2) is 72.1 Å². The third-order valence-electron chi connectivity index (χ3n) is 7.33. The maximum atomic E-state index is 2.46. The van der Waals surface area contributed by atoms with Crippen molar-refractivity contribution in [3.8, 4) is 0 Å². The highest BCUT2D eigenvalue weighted by atomic mass is 32.1. The predicted octanol–water partition coefficient (Wildman–Crippen LogP) is 8.13. The second kappa shape index (κ2) is 8.59. The molecule has 1 nitrogen and oxygen atoms in total. The third-order valence-corrected chi connectivity index (χ3v) is 8.17. The van der Waals surface area contributed by atoms with Crippen LogP contribution in [-0.4, -0.2) is 17.3 Å². The number of allylic oxidation sites excluding steroid dienone is 3. The average Bonchev–Trinajstić information content (AvgIpc) is 3.53. The Balaban J connectivity index is 1.54. The van der Waals surface area contributed by atoms with Gasteiger partial charge in [0, 0.05) is 22.6 Å². The van der Waals surface area contributed by atoms with Crippen molar-refractivity contribution in [2.75, 3.05) is 7.05 Å². The van der Waals surface area contributed by atoms with E-state index in [1.807, 2.05) is 0 Å². The highest BCUT2D eigenvalue weighted by Gasteiger charge is 2.46. The van der Waals surface area contributed by atoms with Crippen LogP contribution in [0.3, 0.4) is 0 Å². The molecular weight excluding hydrogens is 394 g/mol. The molecule has 31 heavy (non-hydrogen) atoms. The van der Waals surface area contributed by atoms with E-state index >= 15 is 0 Å². The van der Waals surface area contributed by atoms with Gasteiger partial charge in [-0.1, -0.05) is 68.2 Å². The first-order valence-corrected chi connectivity index (χ1v) is 12.5. The molecule has 1 aliphatic heterocycles. The molecule has 0 amide bonds. The van der Waals surface area contributed by atoms with E-state index in [1.165, 1.54) is 64.7 Å². The van der Waals surface area contributed by atoms with Crippen LogP contribution in [0.1, 0.15) is 55.9 Å². The van der Waals surface area contributed by atoms with E-state index in [0.717, 1.165) is 12.3 Å². The van der Waals surface area contributed by atoms with Crippen molar-refractivity contribution < 1.29 is 4.58 Å². The van der Waals surface area contributed by atoms with Gasteiger partial charge in [0.2, 0.25) is 5.69 Å². The summed E-state index contributed by atoms with van der Waals surface area (Å²) in [5.74, 6) is 0.908. The molecule has 0 radical (unpaired) electrons. The fourth-order valence-corrected chi connectivity index (χ4v) is 6.27. The Labute approximate surface area is 190 Å². The average molecular weight is 427 g/mol. The van der Waals surface area contributed by atoms with E-state index in [1.54, 1.807) is 11.3 Å². The Morgan fingerprint density at radius 1 is 1.00 bits per heavy atom. The number of fused-ring (bicyclic) bond motifs is 3. The van der Waals surface area contributed by atoms with Crippen LogP contribution in [0.4, 0.5) is 5.69 Å². The molecule has 2 heteroatoms. The van der Waals surface area contributed by atoms with E-state index in [9.17, 15) is 0 Å². The molecule has 1 atom stereocenters. The van der Waals surface area contributed by atoms with Gasteiger partial charge in [0.05, 0.1) is 5.41 Å². The summed E-state index contributed by atoms with van der Waals surface area (Å²) in [7, 11) is 2.23. The first kappa shape index (κ1) is 20.5. The molecule has 2 aromatic carbocycles. The van der Waals surface area contributed by atoms with Crippen LogP contribution in [-0.2, 0) is 5.41 Å². The fourth-order valence-electron chi connectivity index (χ4n) is 5.65. The number of rotatable bonds is 6. The predicted molar refractivity (Wildman–Crippen MR) is 136 cm³/mol. The van der Waals surface area contributed by atoms with Gasteiger partial charge in [0.25, 0.3) is 0 Å². The van der Waals surface area contributed by atoms with Crippen molar-refractivity contribution in [1.29, 1.82) is 0 Å². The summed E-state index contributed by atoms with van der Waals surface area (Å²) in [6, 6.07) is 17.8. The zero-order valence-electron chi connectivity index (χ0n) is 18.7. The number of benzene rings is 2. The maximum Gasteiger partial charge on any atom is 0.210 e. The van der Waals surface area contributed by atoms with Gasteiger partial charge in [0.1, 0.15) is 7.05 Å². The minimum Gasteiger partial charge on any atom is -0.198 e. The first-order chi connectivity index (χ1) is 15.2. The first-order valence-electron chi connectivity index (χ1n) is 11.7. The topological polar surface area (TPSA) is 3.01 Å². The maximum absolute atomic E-state index is 2.46. The van der Waals surface area contributed by atoms with E-state index in [2.05, 4.69) is 96.8 Å². The van der Waals surface area contributed by atoms with Crippen molar-refractivity contribution in [3.63, 3.8) is 0 Å². The zero-order valence-corrected chi connectivity index (χ0v) is 19.5. The van der Waals surface area contributed by atoms with Crippen LogP contribution in [0.25, 0.3) is 16.8 Å². The lowest BCUT2D eigenvalue weighted by atomic mass is 9.74. The third kappa shape index (κ3) is 3.83. The molecule has 5 rings (SSSR count). The van der Waals surface area contributed by atoms with Crippen molar-refractivity contribution in [2.45, 2.75) is 50.9 Å². The molecule has 1 aromatic heterocycles. The standard InChI is InChI=1S/C29H32NS/c1-29(20-8-7-12-22-10-3-4-11-22)27(19-17-24-14-9-21-31-24)30(2)26-18-16-23-13-5-6-15-25(23)28(26)29/h5-9,13-19,21-22H,3-4,10-12,20H2,1-2H3/q+1. The molecule has 0 N–H and O–H groups in total. The molecule has 0 bridgehead atoms. The molecule has 158 valence electrons. The summed E-state index contributed by atoms with van der Waals surface area (Å²) < 4.78 is 2.41. The lowest BCUT2D eigenvalue weighted by molar-refractivity contribution is -0.401. The summed E-state index contributed by atoms with van der Waals surface area (Å²) in [5.41, 5.74) is 4.17. The van der Waals surface area contributed by atoms with Crippen molar-refractivity contribution in [3.05, 3.63) is 82.6 Å². The van der Waals surface area contributed by atoms with Gasteiger partial charge in [0.15, 0.2) is 5.71 Å². The van der Waals surface area contributed by atoms with Crippen LogP contribution in [0, 0.1) is 5.92 Å². The van der Waals surface area contributed by atoms with Gasteiger partial charge in [-0.2, -0.15) is 4.58 Å². The summed E-state index contributed by atoms with van der Waals surface area (Å²) >= 11 is 1.80.